The summed E-state index contributed by atoms with van der Waals surface area (Å²) in [5, 5.41) is 0. The minimum absolute atomic E-state index is 0.0516. The van der Waals surface area contributed by atoms with Gasteiger partial charge in [-0.3, -0.25) is 0 Å². The van der Waals surface area contributed by atoms with Crippen molar-refractivity contribution in [2.45, 2.75) is 73.6 Å². The molecular weight excluding hydrogens is 290 g/mol. The zero-order valence-corrected chi connectivity index (χ0v) is 16.0. The maximum atomic E-state index is 14.0. The molecule has 0 bridgehead atoms. The highest BCUT2D eigenvalue weighted by molar-refractivity contribution is 5.34. The predicted molar refractivity (Wildman–Crippen MR) is 98.6 cm³/mol. The first-order chi connectivity index (χ1) is 10.6. The van der Waals surface area contributed by atoms with Gasteiger partial charge in [0.15, 0.2) is 11.7 Å². The molecule has 0 radical (unpaired) electrons. The van der Waals surface area contributed by atoms with Gasteiger partial charge in [-0.25, -0.2) is 8.78 Å². The second-order valence-electron chi connectivity index (χ2n) is 7.46. The molecule has 0 saturated carbocycles. The van der Waals surface area contributed by atoms with E-state index in [1.54, 1.807) is 0 Å². The van der Waals surface area contributed by atoms with Crippen LogP contribution < -0.4 is 0 Å². The average Bonchev–Trinajstić information content (AvgIpc) is 2.54. The van der Waals surface area contributed by atoms with Gasteiger partial charge in [0.1, 0.15) is 0 Å². The summed E-state index contributed by atoms with van der Waals surface area (Å²) in [7, 11) is 0. The fourth-order valence-electron chi connectivity index (χ4n) is 2.55. The summed E-state index contributed by atoms with van der Waals surface area (Å²) in [4.78, 5) is 0. The minimum atomic E-state index is -0.864. The molecule has 23 heavy (non-hydrogen) atoms. The molecule has 0 saturated heterocycles. The Bertz CT molecular complexity index is 420. The predicted octanol–water partition coefficient (Wildman–Crippen LogP) is 7.78. The molecule has 0 aliphatic rings. The molecule has 0 nitrogen and oxygen atoms in total. The topological polar surface area (TPSA) is 0 Å². The quantitative estimate of drug-likeness (QED) is 0.340. The van der Waals surface area contributed by atoms with Crippen molar-refractivity contribution < 1.29 is 8.78 Å². The first-order valence-corrected chi connectivity index (χ1v) is 9.01. The van der Waals surface area contributed by atoms with E-state index < -0.39 is 11.7 Å². The Morgan fingerprint density at radius 3 is 1.74 bits per heavy atom. The van der Waals surface area contributed by atoms with Gasteiger partial charge in [0.05, 0.1) is 0 Å². The van der Waals surface area contributed by atoms with Gasteiger partial charge in [-0.1, -0.05) is 67.0 Å². The van der Waals surface area contributed by atoms with Crippen molar-refractivity contribution in [1.82, 2.24) is 0 Å². The van der Waals surface area contributed by atoms with Gasteiger partial charge in [-0.2, -0.15) is 0 Å². The Hall–Kier alpha value is -0.920. The third-order valence-corrected chi connectivity index (χ3v) is 5.28. The van der Waals surface area contributed by atoms with E-state index >= 15 is 0 Å². The van der Waals surface area contributed by atoms with Gasteiger partial charge < -0.3 is 0 Å². The van der Waals surface area contributed by atoms with Crippen molar-refractivity contribution in [3.8, 4) is 0 Å². The van der Waals surface area contributed by atoms with E-state index in [4.69, 9.17) is 0 Å². The highest BCUT2D eigenvalue weighted by Crippen LogP contribution is 2.31. The van der Waals surface area contributed by atoms with Gasteiger partial charge in [-0.15, -0.1) is 0 Å². The third-order valence-electron chi connectivity index (χ3n) is 5.28. The largest absolute Gasteiger partial charge is 0.203 e. The molecule has 0 spiro atoms. The molecule has 0 rings (SSSR count). The van der Waals surface area contributed by atoms with Crippen molar-refractivity contribution in [2.24, 2.45) is 23.7 Å². The van der Waals surface area contributed by atoms with Crippen molar-refractivity contribution in [3.63, 3.8) is 0 Å². The number of allylic oxidation sites excluding steroid dienone is 4. The van der Waals surface area contributed by atoms with Crippen LogP contribution in [0.15, 0.2) is 36.0 Å². The number of hydrogen-bond acceptors (Lipinski definition) is 0. The standard InChI is InChI=1S/C21H36F2/c1-9-15(4)10-11-16(5)17(6)12-13-18(7)19(8)21(23)20(22)14(2)3/h15-18H,2,8-13H2,1,3-7H3/b21-20-. The number of halogens is 2. The Kier molecular flexibility index (Phi) is 10.3. The first kappa shape index (κ1) is 22.1. The lowest BCUT2D eigenvalue weighted by atomic mass is 9.83. The van der Waals surface area contributed by atoms with Crippen LogP contribution >= 0.6 is 0 Å². The summed E-state index contributed by atoms with van der Waals surface area (Å²) >= 11 is 0. The second kappa shape index (κ2) is 10.8. The molecule has 0 fully saturated rings. The normalized spacial score (nSPS) is 17.9. The van der Waals surface area contributed by atoms with E-state index in [0.717, 1.165) is 18.8 Å². The molecule has 0 N–H and O–H groups in total. The highest BCUT2D eigenvalue weighted by Gasteiger charge is 2.19. The average molecular weight is 327 g/mol. The molecule has 0 amide bonds. The molecule has 0 aromatic heterocycles. The molecule has 0 aliphatic carbocycles. The van der Waals surface area contributed by atoms with Gasteiger partial charge >= 0.3 is 0 Å². The Morgan fingerprint density at radius 1 is 0.826 bits per heavy atom. The fourth-order valence-corrected chi connectivity index (χ4v) is 2.55. The van der Waals surface area contributed by atoms with Crippen molar-refractivity contribution in [1.29, 1.82) is 0 Å². The summed E-state index contributed by atoms with van der Waals surface area (Å²) in [5.74, 6) is 0.292. The van der Waals surface area contributed by atoms with Crippen LogP contribution in [0.1, 0.15) is 73.6 Å². The zero-order chi connectivity index (χ0) is 18.2. The van der Waals surface area contributed by atoms with Crippen molar-refractivity contribution >= 4 is 0 Å². The summed E-state index contributed by atoms with van der Waals surface area (Å²) in [6.07, 6.45) is 5.60. The van der Waals surface area contributed by atoms with E-state index in [0.29, 0.717) is 11.8 Å². The van der Waals surface area contributed by atoms with E-state index in [-0.39, 0.29) is 17.1 Å². The Balaban J connectivity index is 4.42. The lowest BCUT2D eigenvalue weighted by Crippen LogP contribution is -2.12. The molecule has 0 heterocycles. The molecule has 4 unspecified atom stereocenters. The number of hydrogen-bond donors (Lipinski definition) is 0. The monoisotopic (exact) mass is 326 g/mol. The van der Waals surface area contributed by atoms with E-state index in [1.807, 2.05) is 6.92 Å². The fraction of sp³-hybridized carbons (Fsp3) is 0.714. The smallest absolute Gasteiger partial charge is 0.161 e. The van der Waals surface area contributed by atoms with Crippen LogP contribution in [-0.4, -0.2) is 0 Å². The van der Waals surface area contributed by atoms with Crippen molar-refractivity contribution in [3.05, 3.63) is 36.0 Å². The summed E-state index contributed by atoms with van der Waals surface area (Å²) in [6.45, 7) is 19.7. The molecule has 0 aromatic carbocycles. The molecule has 2 heteroatoms. The van der Waals surface area contributed by atoms with Gasteiger partial charge in [0.25, 0.3) is 0 Å². The Morgan fingerprint density at radius 2 is 1.30 bits per heavy atom. The Labute approximate surface area is 142 Å². The molecular formula is C21H36F2. The molecule has 0 aliphatic heterocycles. The third kappa shape index (κ3) is 7.94. The van der Waals surface area contributed by atoms with E-state index in [9.17, 15) is 8.78 Å². The minimum Gasteiger partial charge on any atom is -0.203 e. The zero-order valence-electron chi connectivity index (χ0n) is 16.0. The SMILES string of the molecule is C=C(C)/C(F)=C(/F)C(=C)C(C)CCC(C)C(C)CCC(C)CC. The summed E-state index contributed by atoms with van der Waals surface area (Å²) in [5.41, 5.74) is 0.368. The van der Waals surface area contributed by atoms with Crippen LogP contribution in [0.4, 0.5) is 8.78 Å². The van der Waals surface area contributed by atoms with Gasteiger partial charge in [-0.05, 0) is 54.6 Å². The van der Waals surface area contributed by atoms with Crippen LogP contribution in [0, 0.1) is 23.7 Å². The van der Waals surface area contributed by atoms with Crippen molar-refractivity contribution in [2.75, 3.05) is 0 Å². The van der Waals surface area contributed by atoms with Crippen LogP contribution in [0.25, 0.3) is 0 Å². The van der Waals surface area contributed by atoms with Gasteiger partial charge in [0.2, 0.25) is 0 Å². The van der Waals surface area contributed by atoms with Crippen LogP contribution in [0.3, 0.4) is 0 Å². The number of rotatable bonds is 11. The van der Waals surface area contributed by atoms with Crippen LogP contribution in [-0.2, 0) is 0 Å². The van der Waals surface area contributed by atoms with E-state index in [2.05, 4.69) is 40.9 Å². The van der Waals surface area contributed by atoms with Gasteiger partial charge in [0, 0.05) is 0 Å². The van der Waals surface area contributed by atoms with Crippen LogP contribution in [0.2, 0.25) is 0 Å². The molecule has 0 aromatic rings. The van der Waals surface area contributed by atoms with Crippen LogP contribution in [0.5, 0.6) is 0 Å². The summed E-state index contributed by atoms with van der Waals surface area (Å²) < 4.78 is 27.6. The lowest BCUT2D eigenvalue weighted by molar-refractivity contribution is 0.299. The summed E-state index contributed by atoms with van der Waals surface area (Å²) in [6, 6.07) is 0. The lowest BCUT2D eigenvalue weighted by Gasteiger charge is -2.23. The molecule has 134 valence electrons. The highest BCUT2D eigenvalue weighted by atomic mass is 19.2. The second-order valence-corrected chi connectivity index (χ2v) is 7.46. The van der Waals surface area contributed by atoms with E-state index in [1.165, 1.54) is 26.2 Å². The maximum Gasteiger partial charge on any atom is 0.161 e. The maximum absolute atomic E-state index is 14.0. The first-order valence-electron chi connectivity index (χ1n) is 9.01. The molecule has 4 atom stereocenters.